The Morgan fingerprint density at radius 2 is 1.67 bits per heavy atom. The SMILES string of the molecule is Cc1cccc(Cc2nc3cccnc3n2-c2cccc(C)c2)c1. The lowest BCUT2D eigenvalue weighted by Gasteiger charge is -2.10. The van der Waals surface area contributed by atoms with Crippen LogP contribution >= 0.6 is 0 Å². The molecule has 118 valence electrons. The van der Waals surface area contributed by atoms with Gasteiger partial charge in [-0.25, -0.2) is 9.97 Å². The molecule has 2 aromatic carbocycles. The van der Waals surface area contributed by atoms with E-state index in [1.807, 2.05) is 18.3 Å². The van der Waals surface area contributed by atoms with Crippen molar-refractivity contribution < 1.29 is 0 Å². The Morgan fingerprint density at radius 3 is 2.46 bits per heavy atom. The predicted molar refractivity (Wildman–Crippen MR) is 97.6 cm³/mol. The Kier molecular flexibility index (Phi) is 3.62. The first-order valence-corrected chi connectivity index (χ1v) is 8.16. The summed E-state index contributed by atoms with van der Waals surface area (Å²) in [4.78, 5) is 9.41. The number of imidazole rings is 1. The molecule has 0 saturated carbocycles. The minimum absolute atomic E-state index is 0.784. The van der Waals surface area contributed by atoms with Gasteiger partial charge in [0.1, 0.15) is 11.3 Å². The fraction of sp³-hybridized carbons (Fsp3) is 0.143. The van der Waals surface area contributed by atoms with Gasteiger partial charge >= 0.3 is 0 Å². The number of aromatic nitrogens is 3. The van der Waals surface area contributed by atoms with Crippen LogP contribution in [0.2, 0.25) is 0 Å². The summed E-state index contributed by atoms with van der Waals surface area (Å²) in [5, 5.41) is 0. The van der Waals surface area contributed by atoms with Crippen molar-refractivity contribution in [3.8, 4) is 5.69 Å². The van der Waals surface area contributed by atoms with Gasteiger partial charge in [-0.05, 0) is 49.2 Å². The molecule has 0 radical (unpaired) electrons. The van der Waals surface area contributed by atoms with Gasteiger partial charge in [0.25, 0.3) is 0 Å². The number of fused-ring (bicyclic) bond motifs is 1. The number of aryl methyl sites for hydroxylation is 2. The van der Waals surface area contributed by atoms with Crippen LogP contribution in [-0.4, -0.2) is 14.5 Å². The quantitative estimate of drug-likeness (QED) is 0.552. The third-order valence-corrected chi connectivity index (χ3v) is 4.19. The standard InChI is InChI=1S/C21H19N3/c1-15-6-3-8-17(12-15)14-20-23-19-10-5-11-22-21(19)24(20)18-9-4-7-16(2)13-18/h3-13H,14H2,1-2H3. The van der Waals surface area contributed by atoms with E-state index in [-0.39, 0.29) is 0 Å². The molecule has 0 fully saturated rings. The van der Waals surface area contributed by atoms with Crippen molar-refractivity contribution in [2.45, 2.75) is 20.3 Å². The maximum atomic E-state index is 4.84. The largest absolute Gasteiger partial charge is 0.280 e. The summed E-state index contributed by atoms with van der Waals surface area (Å²) < 4.78 is 2.17. The van der Waals surface area contributed by atoms with Crippen LogP contribution in [-0.2, 0) is 6.42 Å². The molecule has 3 nitrogen and oxygen atoms in total. The number of nitrogens with zero attached hydrogens (tertiary/aromatic N) is 3. The van der Waals surface area contributed by atoms with Gasteiger partial charge < -0.3 is 0 Å². The van der Waals surface area contributed by atoms with E-state index in [4.69, 9.17) is 4.98 Å². The first-order valence-electron chi connectivity index (χ1n) is 8.16. The number of benzene rings is 2. The first kappa shape index (κ1) is 14.6. The second-order valence-electron chi connectivity index (χ2n) is 6.21. The highest BCUT2D eigenvalue weighted by molar-refractivity contribution is 5.74. The zero-order chi connectivity index (χ0) is 16.5. The smallest absolute Gasteiger partial charge is 0.164 e. The summed E-state index contributed by atoms with van der Waals surface area (Å²) in [5.74, 6) is 1.01. The average Bonchev–Trinajstić information content (AvgIpc) is 2.92. The average molecular weight is 313 g/mol. The van der Waals surface area contributed by atoms with Crippen LogP contribution in [0.25, 0.3) is 16.9 Å². The summed E-state index contributed by atoms with van der Waals surface area (Å²) in [7, 11) is 0. The lowest BCUT2D eigenvalue weighted by atomic mass is 10.1. The van der Waals surface area contributed by atoms with Crippen molar-refractivity contribution >= 4 is 11.2 Å². The highest BCUT2D eigenvalue weighted by Gasteiger charge is 2.14. The molecule has 0 bridgehead atoms. The van der Waals surface area contributed by atoms with E-state index in [1.165, 1.54) is 16.7 Å². The van der Waals surface area contributed by atoms with Gasteiger partial charge in [-0.15, -0.1) is 0 Å². The third kappa shape index (κ3) is 2.69. The van der Waals surface area contributed by atoms with Gasteiger partial charge in [0.05, 0.1) is 0 Å². The Balaban J connectivity index is 1.90. The molecule has 4 rings (SSSR count). The van der Waals surface area contributed by atoms with Crippen molar-refractivity contribution in [1.82, 2.24) is 14.5 Å². The first-order chi connectivity index (χ1) is 11.7. The number of hydrogen-bond donors (Lipinski definition) is 0. The molecule has 0 amide bonds. The van der Waals surface area contributed by atoms with Crippen LogP contribution < -0.4 is 0 Å². The molecule has 0 aliphatic heterocycles. The van der Waals surface area contributed by atoms with Crippen molar-refractivity contribution in [3.63, 3.8) is 0 Å². The molecule has 4 aromatic rings. The molecule has 0 N–H and O–H groups in total. The molecule has 0 aliphatic rings. The summed E-state index contributed by atoms with van der Waals surface area (Å²) >= 11 is 0. The summed E-state index contributed by atoms with van der Waals surface area (Å²) in [6.07, 6.45) is 2.61. The lowest BCUT2D eigenvalue weighted by Crippen LogP contribution is -2.03. The molecule has 2 aromatic heterocycles. The number of hydrogen-bond acceptors (Lipinski definition) is 2. The Bertz CT molecular complexity index is 1010. The van der Waals surface area contributed by atoms with E-state index in [0.29, 0.717) is 0 Å². The van der Waals surface area contributed by atoms with Crippen LogP contribution in [0, 0.1) is 13.8 Å². The lowest BCUT2D eigenvalue weighted by molar-refractivity contribution is 0.922. The highest BCUT2D eigenvalue weighted by Crippen LogP contribution is 2.22. The molecule has 0 spiro atoms. The predicted octanol–water partition coefficient (Wildman–Crippen LogP) is 4.63. The number of rotatable bonds is 3. The van der Waals surface area contributed by atoms with Gasteiger partial charge in [-0.3, -0.25) is 4.57 Å². The van der Waals surface area contributed by atoms with Crippen molar-refractivity contribution in [1.29, 1.82) is 0 Å². The van der Waals surface area contributed by atoms with Crippen LogP contribution in [0.4, 0.5) is 0 Å². The molecule has 0 unspecified atom stereocenters. The van der Waals surface area contributed by atoms with Crippen LogP contribution in [0.3, 0.4) is 0 Å². The second kappa shape index (κ2) is 5.93. The molecule has 24 heavy (non-hydrogen) atoms. The zero-order valence-electron chi connectivity index (χ0n) is 13.9. The summed E-state index contributed by atoms with van der Waals surface area (Å²) in [6.45, 7) is 4.23. The maximum absolute atomic E-state index is 4.84. The maximum Gasteiger partial charge on any atom is 0.164 e. The van der Waals surface area contributed by atoms with E-state index in [2.05, 4.69) is 71.9 Å². The Labute approximate surface area is 141 Å². The molecule has 0 aliphatic carbocycles. The van der Waals surface area contributed by atoms with Gasteiger partial charge in [-0.1, -0.05) is 42.0 Å². The molecule has 2 heterocycles. The van der Waals surface area contributed by atoms with Crippen molar-refractivity contribution in [2.75, 3.05) is 0 Å². The van der Waals surface area contributed by atoms with Crippen LogP contribution in [0.15, 0.2) is 66.9 Å². The van der Waals surface area contributed by atoms with Gasteiger partial charge in [0, 0.05) is 18.3 Å². The summed E-state index contributed by atoms with van der Waals surface area (Å²) in [6, 6.07) is 21.0. The van der Waals surface area contributed by atoms with Gasteiger partial charge in [0.15, 0.2) is 5.65 Å². The van der Waals surface area contributed by atoms with Crippen molar-refractivity contribution in [3.05, 3.63) is 89.4 Å². The monoisotopic (exact) mass is 313 g/mol. The molecular weight excluding hydrogens is 294 g/mol. The van der Waals surface area contributed by atoms with Gasteiger partial charge in [-0.2, -0.15) is 0 Å². The number of pyridine rings is 1. The third-order valence-electron chi connectivity index (χ3n) is 4.19. The van der Waals surface area contributed by atoms with E-state index in [0.717, 1.165) is 29.1 Å². The molecule has 3 heteroatoms. The van der Waals surface area contributed by atoms with Crippen molar-refractivity contribution in [2.24, 2.45) is 0 Å². The Hall–Kier alpha value is -2.94. The van der Waals surface area contributed by atoms with Crippen LogP contribution in [0.1, 0.15) is 22.5 Å². The fourth-order valence-corrected chi connectivity index (χ4v) is 3.12. The minimum atomic E-state index is 0.784. The zero-order valence-corrected chi connectivity index (χ0v) is 13.9. The van der Waals surface area contributed by atoms with Gasteiger partial charge in [0.2, 0.25) is 0 Å². The second-order valence-corrected chi connectivity index (χ2v) is 6.21. The minimum Gasteiger partial charge on any atom is -0.280 e. The normalized spacial score (nSPS) is 11.1. The molecule has 0 saturated heterocycles. The molecular formula is C21H19N3. The topological polar surface area (TPSA) is 30.7 Å². The van der Waals surface area contributed by atoms with E-state index < -0.39 is 0 Å². The van der Waals surface area contributed by atoms with E-state index in [1.54, 1.807) is 0 Å². The highest BCUT2D eigenvalue weighted by atomic mass is 15.1. The van der Waals surface area contributed by atoms with E-state index >= 15 is 0 Å². The Morgan fingerprint density at radius 1 is 0.875 bits per heavy atom. The van der Waals surface area contributed by atoms with Crippen LogP contribution in [0.5, 0.6) is 0 Å². The molecule has 0 atom stereocenters. The summed E-state index contributed by atoms with van der Waals surface area (Å²) in [5.41, 5.74) is 6.71. The van der Waals surface area contributed by atoms with E-state index in [9.17, 15) is 0 Å². The fourth-order valence-electron chi connectivity index (χ4n) is 3.12.